The summed E-state index contributed by atoms with van der Waals surface area (Å²) in [6, 6.07) is 12.8. The van der Waals surface area contributed by atoms with Gasteiger partial charge in [0.1, 0.15) is 17.3 Å². The Labute approximate surface area is 134 Å². The van der Waals surface area contributed by atoms with Crippen molar-refractivity contribution in [1.29, 1.82) is 0 Å². The molecule has 0 atom stereocenters. The third-order valence-corrected chi connectivity index (χ3v) is 2.96. The second kappa shape index (κ2) is 7.66. The van der Waals surface area contributed by atoms with E-state index in [0.717, 1.165) is 17.2 Å². The highest BCUT2D eigenvalue weighted by Gasteiger charge is 1.95. The molecule has 3 N–H and O–H groups in total. The second-order valence-corrected chi connectivity index (χ2v) is 4.82. The molecule has 2 rings (SSSR count). The summed E-state index contributed by atoms with van der Waals surface area (Å²) in [7, 11) is 0. The average Bonchev–Trinajstić information content (AvgIpc) is 2.54. The van der Waals surface area contributed by atoms with Crippen LogP contribution in [0.2, 0.25) is 0 Å². The van der Waals surface area contributed by atoms with Gasteiger partial charge in [0.25, 0.3) is 0 Å². The smallest absolute Gasteiger partial charge is 0.182 e. The molecule has 0 saturated carbocycles. The van der Waals surface area contributed by atoms with E-state index in [9.17, 15) is 15.0 Å². The number of rotatable bonds is 5. The zero-order chi connectivity index (χ0) is 16.7. The molecule has 4 heteroatoms. The molecule has 0 heterocycles. The third-order valence-electron chi connectivity index (χ3n) is 2.96. The highest BCUT2D eigenvalue weighted by molar-refractivity contribution is 6.02. The summed E-state index contributed by atoms with van der Waals surface area (Å²) in [6.07, 6.45) is 7.06. The Hall–Kier alpha value is -3.27. The molecule has 0 aromatic heterocycles. The molecule has 0 spiro atoms. The quantitative estimate of drug-likeness (QED) is 0.445. The standard InChI is InChI=1S/C19H16O4/c20-16-7-1-14(2-8-16)5-11-18(22)13-19(23)12-6-15-3-9-17(21)10-4-15/h1-13,20-22H/b11-5+,12-6?,18-13-. The van der Waals surface area contributed by atoms with E-state index in [1.807, 2.05) is 0 Å². The molecule has 2 aromatic carbocycles. The van der Waals surface area contributed by atoms with Gasteiger partial charge >= 0.3 is 0 Å². The Morgan fingerprint density at radius 3 is 1.65 bits per heavy atom. The molecule has 0 amide bonds. The van der Waals surface area contributed by atoms with Gasteiger partial charge in [-0.25, -0.2) is 0 Å². The van der Waals surface area contributed by atoms with Crippen LogP contribution in [0.1, 0.15) is 11.1 Å². The maximum Gasteiger partial charge on any atom is 0.182 e. The van der Waals surface area contributed by atoms with Crippen LogP contribution in [0.5, 0.6) is 11.5 Å². The van der Waals surface area contributed by atoms with Crippen molar-refractivity contribution < 1.29 is 20.1 Å². The third kappa shape index (κ3) is 5.55. The van der Waals surface area contributed by atoms with Crippen LogP contribution in [-0.2, 0) is 4.79 Å². The summed E-state index contributed by atoms with van der Waals surface area (Å²) >= 11 is 0. The maximum atomic E-state index is 11.7. The van der Waals surface area contributed by atoms with Crippen LogP contribution in [0.3, 0.4) is 0 Å². The molecule has 4 nitrogen and oxygen atoms in total. The van der Waals surface area contributed by atoms with Crippen molar-refractivity contribution in [2.75, 3.05) is 0 Å². The number of ketones is 1. The maximum absolute atomic E-state index is 11.7. The van der Waals surface area contributed by atoms with Crippen molar-refractivity contribution in [1.82, 2.24) is 0 Å². The first-order valence-corrected chi connectivity index (χ1v) is 6.92. The van der Waals surface area contributed by atoms with Crippen LogP contribution in [0.4, 0.5) is 0 Å². The molecule has 0 radical (unpaired) electrons. The average molecular weight is 308 g/mol. The Kier molecular flexibility index (Phi) is 5.36. The van der Waals surface area contributed by atoms with Crippen LogP contribution < -0.4 is 0 Å². The molecular formula is C19H16O4. The molecule has 0 fully saturated rings. The van der Waals surface area contributed by atoms with E-state index in [1.54, 1.807) is 36.4 Å². The summed E-state index contributed by atoms with van der Waals surface area (Å²) in [5.74, 6) is -0.203. The van der Waals surface area contributed by atoms with E-state index in [2.05, 4.69) is 0 Å². The minimum absolute atomic E-state index is 0.158. The number of carbonyl (C=O) groups is 1. The molecule has 23 heavy (non-hydrogen) atoms. The molecule has 2 aromatic rings. The van der Waals surface area contributed by atoms with Gasteiger partial charge in [0.2, 0.25) is 0 Å². The molecule has 0 bridgehead atoms. The SMILES string of the molecule is O=C(C=Cc1ccc(O)cc1)/C=C(O)/C=C/c1ccc(O)cc1. The summed E-state index contributed by atoms with van der Waals surface area (Å²) in [5.41, 5.74) is 1.55. The topological polar surface area (TPSA) is 77.8 Å². The molecule has 0 aliphatic rings. The minimum Gasteiger partial charge on any atom is -0.508 e. The highest BCUT2D eigenvalue weighted by Crippen LogP contribution is 2.12. The van der Waals surface area contributed by atoms with Crippen molar-refractivity contribution in [3.8, 4) is 11.5 Å². The van der Waals surface area contributed by atoms with E-state index < -0.39 is 0 Å². The molecule has 0 unspecified atom stereocenters. The van der Waals surface area contributed by atoms with E-state index in [1.165, 1.54) is 36.4 Å². The summed E-state index contributed by atoms with van der Waals surface area (Å²) in [6.45, 7) is 0. The van der Waals surface area contributed by atoms with Gasteiger partial charge in [-0.3, -0.25) is 4.79 Å². The Bertz CT molecular complexity index is 751. The van der Waals surface area contributed by atoms with Crippen LogP contribution in [0, 0.1) is 0 Å². The number of aromatic hydroxyl groups is 2. The number of hydrogen-bond acceptors (Lipinski definition) is 4. The lowest BCUT2D eigenvalue weighted by atomic mass is 10.1. The van der Waals surface area contributed by atoms with Crippen molar-refractivity contribution in [3.63, 3.8) is 0 Å². The molecule has 0 saturated heterocycles. The van der Waals surface area contributed by atoms with Crippen LogP contribution in [0.25, 0.3) is 12.2 Å². The predicted molar refractivity (Wildman–Crippen MR) is 90.0 cm³/mol. The van der Waals surface area contributed by atoms with E-state index >= 15 is 0 Å². The molecule has 0 aliphatic carbocycles. The fraction of sp³-hybridized carbons (Fsp3) is 0. The number of hydrogen-bond donors (Lipinski definition) is 3. The number of aliphatic hydroxyl groups is 1. The zero-order valence-electron chi connectivity index (χ0n) is 12.3. The lowest BCUT2D eigenvalue weighted by molar-refractivity contribution is -0.110. The first-order chi connectivity index (χ1) is 11.0. The van der Waals surface area contributed by atoms with E-state index in [4.69, 9.17) is 5.11 Å². The number of benzene rings is 2. The van der Waals surface area contributed by atoms with Crippen LogP contribution in [0.15, 0.2) is 72.5 Å². The summed E-state index contributed by atoms with van der Waals surface area (Å²) in [5, 5.41) is 28.0. The first kappa shape index (κ1) is 16.1. The zero-order valence-corrected chi connectivity index (χ0v) is 12.3. The number of phenolic OH excluding ortho intramolecular Hbond substituents is 2. The van der Waals surface area contributed by atoms with Gasteiger partial charge in [-0.1, -0.05) is 36.4 Å². The van der Waals surface area contributed by atoms with Crippen molar-refractivity contribution >= 4 is 17.9 Å². The molecule has 116 valence electrons. The monoisotopic (exact) mass is 308 g/mol. The molecule has 0 aliphatic heterocycles. The number of allylic oxidation sites excluding steroid dienone is 3. The van der Waals surface area contributed by atoms with Gasteiger partial charge in [0.15, 0.2) is 5.78 Å². The number of aliphatic hydroxyl groups excluding tert-OH is 1. The van der Waals surface area contributed by atoms with Crippen LogP contribution in [-0.4, -0.2) is 21.1 Å². The first-order valence-electron chi connectivity index (χ1n) is 6.92. The fourth-order valence-electron chi connectivity index (χ4n) is 1.77. The number of phenols is 2. The van der Waals surface area contributed by atoms with Crippen molar-refractivity contribution in [3.05, 3.63) is 83.6 Å². The molecular weight excluding hydrogens is 292 g/mol. The van der Waals surface area contributed by atoms with Gasteiger partial charge in [-0.15, -0.1) is 0 Å². The fourth-order valence-corrected chi connectivity index (χ4v) is 1.77. The van der Waals surface area contributed by atoms with E-state index in [0.29, 0.717) is 0 Å². The largest absolute Gasteiger partial charge is 0.508 e. The minimum atomic E-state index is -0.356. The normalized spacial score (nSPS) is 12.1. The van der Waals surface area contributed by atoms with E-state index in [-0.39, 0.29) is 23.0 Å². The lowest BCUT2D eigenvalue weighted by Gasteiger charge is -1.95. The van der Waals surface area contributed by atoms with Crippen molar-refractivity contribution in [2.24, 2.45) is 0 Å². The Morgan fingerprint density at radius 1 is 0.739 bits per heavy atom. The lowest BCUT2D eigenvalue weighted by Crippen LogP contribution is -1.88. The van der Waals surface area contributed by atoms with Gasteiger partial charge in [-0.05, 0) is 47.5 Å². The Morgan fingerprint density at radius 2 is 1.17 bits per heavy atom. The van der Waals surface area contributed by atoms with Crippen LogP contribution >= 0.6 is 0 Å². The summed E-state index contributed by atoms with van der Waals surface area (Å²) in [4.78, 5) is 11.7. The number of carbonyl (C=O) groups excluding carboxylic acids is 1. The predicted octanol–water partition coefficient (Wildman–Crippen LogP) is 3.84. The Balaban J connectivity index is 1.98. The van der Waals surface area contributed by atoms with Crippen molar-refractivity contribution in [2.45, 2.75) is 0 Å². The van der Waals surface area contributed by atoms with Gasteiger partial charge < -0.3 is 15.3 Å². The second-order valence-electron chi connectivity index (χ2n) is 4.82. The summed E-state index contributed by atoms with van der Waals surface area (Å²) < 4.78 is 0. The highest BCUT2D eigenvalue weighted by atomic mass is 16.3. The van der Waals surface area contributed by atoms with Gasteiger partial charge in [-0.2, -0.15) is 0 Å². The van der Waals surface area contributed by atoms with Gasteiger partial charge in [0, 0.05) is 6.08 Å². The van der Waals surface area contributed by atoms with Gasteiger partial charge in [0.05, 0.1) is 0 Å².